The van der Waals surface area contributed by atoms with Gasteiger partial charge in [0.15, 0.2) is 0 Å². The number of nitrogens with one attached hydrogen (secondary N) is 1. The van der Waals surface area contributed by atoms with Gasteiger partial charge in [0.05, 0.1) is 18.0 Å². The first-order valence-electron chi connectivity index (χ1n) is 5.18. The van der Waals surface area contributed by atoms with Gasteiger partial charge >= 0.3 is 0 Å². The lowest BCUT2D eigenvalue weighted by atomic mass is 10.1. The van der Waals surface area contributed by atoms with Gasteiger partial charge in [0.25, 0.3) is 0 Å². The number of benzene rings is 1. The Morgan fingerprint density at radius 2 is 2.06 bits per heavy atom. The van der Waals surface area contributed by atoms with E-state index >= 15 is 0 Å². The van der Waals surface area contributed by atoms with Crippen molar-refractivity contribution in [3.05, 3.63) is 29.8 Å². The number of hydrogen-bond donors (Lipinski definition) is 1. The average molecular weight is 322 g/mol. The van der Waals surface area contributed by atoms with E-state index in [2.05, 4.69) is 20.7 Å². The van der Waals surface area contributed by atoms with Crippen molar-refractivity contribution in [1.82, 2.24) is 0 Å². The summed E-state index contributed by atoms with van der Waals surface area (Å²) >= 11 is 3.43. The molecular formula is C11H16BrNO3S. The van der Waals surface area contributed by atoms with Crippen LogP contribution in [0.25, 0.3) is 0 Å². The zero-order valence-corrected chi connectivity index (χ0v) is 12.2. The Labute approximate surface area is 111 Å². The van der Waals surface area contributed by atoms with E-state index in [-0.39, 0.29) is 17.2 Å². The van der Waals surface area contributed by atoms with Crippen LogP contribution in [0.4, 0.5) is 5.69 Å². The summed E-state index contributed by atoms with van der Waals surface area (Å²) < 4.78 is 30.8. The molecule has 0 aromatic heterocycles. The van der Waals surface area contributed by atoms with E-state index in [1.54, 1.807) is 12.1 Å². The lowest BCUT2D eigenvalue weighted by Crippen LogP contribution is -2.20. The molecule has 0 aliphatic heterocycles. The van der Waals surface area contributed by atoms with E-state index in [1.807, 2.05) is 19.1 Å². The summed E-state index contributed by atoms with van der Waals surface area (Å²) in [7, 11) is -1.87. The maximum atomic E-state index is 11.7. The molecule has 0 aliphatic rings. The van der Waals surface area contributed by atoms with Gasteiger partial charge < -0.3 is 4.74 Å². The van der Waals surface area contributed by atoms with Crippen LogP contribution in [-0.2, 0) is 14.8 Å². The molecule has 0 radical (unpaired) electrons. The molecule has 1 unspecified atom stereocenters. The van der Waals surface area contributed by atoms with Crippen molar-refractivity contribution in [3.8, 4) is 0 Å². The zero-order valence-electron chi connectivity index (χ0n) is 9.81. The fraction of sp³-hybridized carbons (Fsp3) is 0.455. The van der Waals surface area contributed by atoms with Gasteiger partial charge in [-0.25, -0.2) is 8.42 Å². The van der Waals surface area contributed by atoms with Crippen molar-refractivity contribution in [2.45, 2.75) is 11.8 Å². The fourth-order valence-corrected chi connectivity index (χ4v) is 2.76. The molecule has 1 aromatic carbocycles. The minimum Gasteiger partial charge on any atom is -0.384 e. The predicted octanol–water partition coefficient (Wildman–Crippen LogP) is 2.53. The van der Waals surface area contributed by atoms with Gasteiger partial charge in [0.1, 0.15) is 0 Å². The Hall–Kier alpha value is -0.590. The molecule has 17 heavy (non-hydrogen) atoms. The summed E-state index contributed by atoms with van der Waals surface area (Å²) in [5, 5.41) is 0. The highest BCUT2D eigenvalue weighted by Gasteiger charge is 2.14. The maximum Gasteiger partial charge on any atom is 0.235 e. The molecule has 0 saturated heterocycles. The molecule has 0 bridgehead atoms. The molecule has 1 aromatic rings. The second-order valence-corrected chi connectivity index (χ2v) is 6.83. The molecule has 0 aliphatic carbocycles. The quantitative estimate of drug-likeness (QED) is 0.819. The number of rotatable bonds is 6. The van der Waals surface area contributed by atoms with Crippen molar-refractivity contribution in [2.75, 3.05) is 24.2 Å². The lowest BCUT2D eigenvalue weighted by molar-refractivity contribution is 0.217. The number of para-hydroxylation sites is 1. The highest BCUT2D eigenvalue weighted by molar-refractivity contribution is 9.09. The molecule has 6 heteroatoms. The van der Waals surface area contributed by atoms with Crippen molar-refractivity contribution in [3.63, 3.8) is 0 Å². The number of alkyl halides is 1. The van der Waals surface area contributed by atoms with Crippen molar-refractivity contribution >= 4 is 31.6 Å². The van der Waals surface area contributed by atoms with Gasteiger partial charge in [0.2, 0.25) is 10.0 Å². The highest BCUT2D eigenvalue weighted by Crippen LogP contribution is 2.29. The number of halogens is 1. The number of methoxy groups -OCH3 is 1. The first-order chi connectivity index (χ1) is 7.96. The molecule has 0 spiro atoms. The Balaban J connectivity index is 2.88. The summed E-state index contributed by atoms with van der Waals surface area (Å²) in [4.78, 5) is 0.0869. The monoisotopic (exact) mass is 321 g/mol. The predicted molar refractivity (Wildman–Crippen MR) is 73.1 cm³/mol. The number of ether oxygens (including phenoxy) is 1. The molecule has 1 N–H and O–H groups in total. The van der Waals surface area contributed by atoms with Crippen LogP contribution in [0.1, 0.15) is 17.3 Å². The Morgan fingerprint density at radius 1 is 1.41 bits per heavy atom. The molecule has 4 nitrogen and oxygen atoms in total. The Kier molecular flexibility index (Phi) is 5.42. The third kappa shape index (κ3) is 4.65. The van der Waals surface area contributed by atoms with Crippen LogP contribution >= 0.6 is 15.9 Å². The van der Waals surface area contributed by atoms with Crippen molar-refractivity contribution in [2.24, 2.45) is 0 Å². The third-order valence-electron chi connectivity index (χ3n) is 2.21. The van der Waals surface area contributed by atoms with Gasteiger partial charge in [0, 0.05) is 11.9 Å². The van der Waals surface area contributed by atoms with E-state index < -0.39 is 10.0 Å². The average Bonchev–Trinajstić information content (AvgIpc) is 2.26. The van der Waals surface area contributed by atoms with Crippen LogP contribution in [0.2, 0.25) is 0 Å². The van der Waals surface area contributed by atoms with Gasteiger partial charge in [-0.3, -0.25) is 4.72 Å². The number of hydrogen-bond acceptors (Lipinski definition) is 3. The van der Waals surface area contributed by atoms with E-state index in [0.29, 0.717) is 5.69 Å². The molecule has 1 rings (SSSR count). The molecular weight excluding hydrogens is 306 g/mol. The largest absolute Gasteiger partial charge is 0.384 e. The van der Waals surface area contributed by atoms with Crippen LogP contribution < -0.4 is 4.72 Å². The molecule has 0 fully saturated rings. The fourth-order valence-electron chi connectivity index (χ4n) is 1.35. The second kappa shape index (κ2) is 6.37. The summed E-state index contributed by atoms with van der Waals surface area (Å²) in [6.45, 7) is 2.13. The topological polar surface area (TPSA) is 55.4 Å². The zero-order chi connectivity index (χ0) is 12.9. The van der Waals surface area contributed by atoms with Crippen LogP contribution in [0, 0.1) is 0 Å². The molecule has 0 amide bonds. The van der Waals surface area contributed by atoms with Crippen LogP contribution in [0.15, 0.2) is 24.3 Å². The summed E-state index contributed by atoms with van der Waals surface area (Å²) in [5.41, 5.74) is 1.52. The van der Waals surface area contributed by atoms with Gasteiger partial charge in [-0.05, 0) is 18.6 Å². The van der Waals surface area contributed by atoms with E-state index in [9.17, 15) is 8.42 Å². The van der Waals surface area contributed by atoms with E-state index in [0.717, 1.165) is 5.56 Å². The molecule has 1 atom stereocenters. The van der Waals surface area contributed by atoms with Crippen LogP contribution in [-0.4, -0.2) is 27.9 Å². The first-order valence-corrected chi connectivity index (χ1v) is 7.75. The Morgan fingerprint density at radius 3 is 2.65 bits per heavy atom. The minimum absolute atomic E-state index is 0.0471. The second-order valence-electron chi connectivity index (χ2n) is 3.62. The Bertz CT molecular complexity index is 460. The van der Waals surface area contributed by atoms with E-state index in [4.69, 9.17) is 4.74 Å². The van der Waals surface area contributed by atoms with Crippen molar-refractivity contribution in [1.29, 1.82) is 0 Å². The van der Waals surface area contributed by atoms with Gasteiger partial charge in [-0.1, -0.05) is 34.1 Å². The molecule has 0 saturated carbocycles. The number of sulfonamides is 1. The van der Waals surface area contributed by atoms with Gasteiger partial charge in [-0.2, -0.15) is 0 Å². The standard InChI is InChI=1S/C11H16BrNO3S/c1-9(12)10-5-3-4-6-11(10)13-17(14,15)8-7-16-2/h3-6,9,13H,7-8H2,1-2H3. The van der Waals surface area contributed by atoms with E-state index in [1.165, 1.54) is 7.11 Å². The van der Waals surface area contributed by atoms with Crippen LogP contribution in [0.3, 0.4) is 0 Å². The smallest absolute Gasteiger partial charge is 0.235 e. The van der Waals surface area contributed by atoms with Crippen molar-refractivity contribution < 1.29 is 13.2 Å². The highest BCUT2D eigenvalue weighted by atomic mass is 79.9. The normalized spacial score (nSPS) is 13.4. The minimum atomic E-state index is -3.35. The number of anilines is 1. The first kappa shape index (κ1) is 14.5. The SMILES string of the molecule is COCCS(=O)(=O)Nc1ccccc1C(C)Br. The van der Waals surface area contributed by atoms with Crippen LogP contribution in [0.5, 0.6) is 0 Å². The summed E-state index contributed by atoms with van der Waals surface area (Å²) in [6, 6.07) is 7.30. The maximum absolute atomic E-state index is 11.7. The lowest BCUT2D eigenvalue weighted by Gasteiger charge is -2.13. The molecule has 96 valence electrons. The molecule has 0 heterocycles. The summed E-state index contributed by atoms with van der Waals surface area (Å²) in [6.07, 6.45) is 0. The summed E-state index contributed by atoms with van der Waals surface area (Å²) in [5.74, 6) is -0.0471. The van der Waals surface area contributed by atoms with Gasteiger partial charge in [-0.15, -0.1) is 0 Å². The third-order valence-corrected chi connectivity index (χ3v) is 3.94.